The number of rotatable bonds is 9. The number of imide groups is 1. The molecule has 2 N–H and O–H groups in total. The van der Waals surface area contributed by atoms with Crippen molar-refractivity contribution in [3.05, 3.63) is 76.3 Å². The van der Waals surface area contributed by atoms with Crippen LogP contribution < -0.4 is 30.1 Å². The number of nitrogens with zero attached hydrogens (tertiary/aromatic N) is 9. The minimum atomic E-state index is -0.660. The van der Waals surface area contributed by atoms with E-state index in [2.05, 4.69) is 40.3 Å². The van der Waals surface area contributed by atoms with Crippen molar-refractivity contribution in [2.24, 2.45) is 29.7 Å². The van der Waals surface area contributed by atoms with E-state index in [0.29, 0.717) is 39.5 Å². The van der Waals surface area contributed by atoms with E-state index < -0.39 is 11.8 Å². The van der Waals surface area contributed by atoms with Gasteiger partial charge in [-0.1, -0.05) is 0 Å². The molecule has 3 aromatic carbocycles. The van der Waals surface area contributed by atoms with E-state index in [1.54, 1.807) is 46.9 Å². The van der Waals surface area contributed by atoms with Gasteiger partial charge in [0, 0.05) is 81.2 Å². The number of aromatic nitrogens is 4. The molecule has 12 rings (SSSR count). The molecule has 3 amide bonds. The third-order valence-electron chi connectivity index (χ3n) is 15.5. The van der Waals surface area contributed by atoms with Gasteiger partial charge in [-0.2, -0.15) is 10.4 Å². The van der Waals surface area contributed by atoms with Crippen LogP contribution in [0.4, 0.5) is 30.8 Å². The molecule has 2 atom stereocenters. The van der Waals surface area contributed by atoms with E-state index in [1.165, 1.54) is 35.6 Å². The van der Waals surface area contributed by atoms with Gasteiger partial charge in [0.15, 0.2) is 17.4 Å². The van der Waals surface area contributed by atoms with Crippen molar-refractivity contribution >= 4 is 63.1 Å². The number of nitriles is 1. The molecule has 4 aliphatic heterocycles. The zero-order valence-electron chi connectivity index (χ0n) is 35.4. The van der Waals surface area contributed by atoms with Crippen molar-refractivity contribution in [3.8, 4) is 17.6 Å². The number of benzene rings is 3. The first-order valence-corrected chi connectivity index (χ1v) is 23.1. The number of amides is 3. The third kappa shape index (κ3) is 6.60. The lowest BCUT2D eigenvalue weighted by Gasteiger charge is -2.63. The average molecular weight is 888 g/mol. The highest BCUT2D eigenvalue weighted by Gasteiger charge is 2.56. The molecular formula is C46H47F2N11O4S. The van der Waals surface area contributed by atoms with Gasteiger partial charge in [-0.05, 0) is 118 Å². The van der Waals surface area contributed by atoms with E-state index in [9.17, 15) is 19.6 Å². The number of carbonyl (C=O) groups is 2. The highest BCUT2D eigenvalue weighted by atomic mass is 32.2. The van der Waals surface area contributed by atoms with Crippen molar-refractivity contribution in [1.82, 2.24) is 33.9 Å². The van der Waals surface area contributed by atoms with Crippen molar-refractivity contribution in [2.75, 3.05) is 60.3 Å². The Morgan fingerprint density at radius 2 is 1.69 bits per heavy atom. The average Bonchev–Trinajstić information content (AvgIpc) is 3.73. The van der Waals surface area contributed by atoms with Crippen LogP contribution in [-0.4, -0.2) is 92.3 Å². The fourth-order valence-corrected chi connectivity index (χ4v) is 12.6. The number of aryl methyl sites for hydroxylation is 1. The zero-order valence-corrected chi connectivity index (χ0v) is 36.2. The number of halogens is 2. The summed E-state index contributed by atoms with van der Waals surface area (Å²) in [7, 11) is 1.78. The van der Waals surface area contributed by atoms with Crippen molar-refractivity contribution in [3.63, 3.8) is 0 Å². The van der Waals surface area contributed by atoms with Crippen LogP contribution in [-0.2, 0) is 11.8 Å². The van der Waals surface area contributed by atoms with Crippen LogP contribution in [0.25, 0.3) is 21.8 Å². The SMILES string of the molecule is Cn1nc(N2CCC(=O)NC2=O)c2cc(F)c(N3CC4(CC(N5CCC6(CC5)CC(n5cnc7ccc(Oc8c(F)ccc(NSN9CC%10CC%10C9)c8C#N)cc7c5=O)C6)C4)C3)cc21. The van der Waals surface area contributed by atoms with Gasteiger partial charge in [-0.3, -0.25) is 29.1 Å². The van der Waals surface area contributed by atoms with Crippen molar-refractivity contribution in [2.45, 2.75) is 63.5 Å². The molecular weight excluding hydrogens is 841 g/mol. The Morgan fingerprint density at radius 1 is 0.922 bits per heavy atom. The standard InChI is InChI=1S/C46H47F2N11O4S/c1-54-38-15-39(35(48)14-32(38)42(52-54)58-9-6-40(60)51-44(58)62)56-23-46(24-56)16-28(17-46)55-10-7-45(8-11-55)18-29(19-45)59-25-50-36-4-2-30(13-31(36)43(59)61)63-41-33(20-49)37(5-3-34(41)47)53-64-57-21-26-12-27(26)22-57/h2-5,13-15,25-29,53H,6-12,16-19,21-24H2,1H3,(H,51,60,62). The van der Waals surface area contributed by atoms with Crippen LogP contribution in [0.2, 0.25) is 0 Å². The lowest BCUT2D eigenvalue weighted by Crippen LogP contribution is -2.67. The molecule has 0 bridgehead atoms. The molecule has 6 heterocycles. The molecule has 7 aliphatic rings. The molecule has 3 saturated carbocycles. The van der Waals surface area contributed by atoms with E-state index >= 15 is 8.78 Å². The number of hydrogen-bond donors (Lipinski definition) is 2. The second-order valence-electron chi connectivity index (χ2n) is 19.5. The molecule has 64 heavy (non-hydrogen) atoms. The lowest BCUT2D eigenvalue weighted by molar-refractivity contribution is -0.120. The van der Waals surface area contributed by atoms with Gasteiger partial charge in [0.1, 0.15) is 23.2 Å². The number of fused-ring (bicyclic) bond motifs is 3. The summed E-state index contributed by atoms with van der Waals surface area (Å²) in [6.45, 7) is 5.85. The summed E-state index contributed by atoms with van der Waals surface area (Å²) in [5.41, 5.74) is 2.57. The van der Waals surface area contributed by atoms with Crippen LogP contribution in [0.3, 0.4) is 0 Å². The topological polar surface area (TPSA) is 157 Å². The normalized spacial score (nSPS) is 24.1. The van der Waals surface area contributed by atoms with Crippen LogP contribution in [0, 0.1) is 45.6 Å². The molecule has 2 aromatic heterocycles. The Balaban J connectivity index is 0.652. The number of carbonyl (C=O) groups excluding carboxylic acids is 2. The second kappa shape index (κ2) is 14.6. The Kier molecular flexibility index (Phi) is 9.09. The summed E-state index contributed by atoms with van der Waals surface area (Å²) in [6, 6.07) is 13.2. The van der Waals surface area contributed by atoms with Crippen LogP contribution in [0.5, 0.6) is 11.5 Å². The molecule has 330 valence electrons. The molecule has 7 fully saturated rings. The maximum atomic E-state index is 15.7. The van der Waals surface area contributed by atoms with E-state index in [-0.39, 0.29) is 64.2 Å². The third-order valence-corrected chi connectivity index (χ3v) is 16.3. The van der Waals surface area contributed by atoms with Gasteiger partial charge in [0.2, 0.25) is 5.91 Å². The Morgan fingerprint density at radius 3 is 2.44 bits per heavy atom. The van der Waals surface area contributed by atoms with E-state index in [1.807, 2.05) is 6.07 Å². The lowest BCUT2D eigenvalue weighted by atomic mass is 9.57. The second-order valence-corrected chi connectivity index (χ2v) is 20.4. The molecule has 15 nitrogen and oxygen atoms in total. The summed E-state index contributed by atoms with van der Waals surface area (Å²) in [5, 5.41) is 17.8. The Hall–Kier alpha value is -5.77. The monoisotopic (exact) mass is 887 g/mol. The zero-order chi connectivity index (χ0) is 43.6. The first-order chi connectivity index (χ1) is 30.9. The Labute approximate surface area is 371 Å². The number of piperidine rings is 2. The maximum Gasteiger partial charge on any atom is 0.329 e. The number of likely N-dealkylation sites (tertiary alicyclic amines) is 1. The molecule has 3 aliphatic carbocycles. The molecule has 5 aromatic rings. The van der Waals surface area contributed by atoms with Gasteiger partial charge in [0.25, 0.3) is 5.56 Å². The summed E-state index contributed by atoms with van der Waals surface area (Å²) < 4.78 is 45.8. The quantitative estimate of drug-likeness (QED) is 0.152. The summed E-state index contributed by atoms with van der Waals surface area (Å²) in [6.07, 6.45) is 9.28. The number of nitrogens with one attached hydrogen (secondary N) is 2. The summed E-state index contributed by atoms with van der Waals surface area (Å²) in [4.78, 5) is 48.9. The maximum absolute atomic E-state index is 15.7. The van der Waals surface area contributed by atoms with E-state index in [0.717, 1.165) is 95.1 Å². The predicted molar refractivity (Wildman–Crippen MR) is 237 cm³/mol. The smallest absolute Gasteiger partial charge is 0.329 e. The molecule has 18 heteroatoms. The van der Waals surface area contributed by atoms with Gasteiger partial charge in [0.05, 0.1) is 34.1 Å². The highest BCUT2D eigenvalue weighted by Crippen LogP contribution is 2.57. The van der Waals surface area contributed by atoms with Gasteiger partial charge in [-0.15, -0.1) is 0 Å². The predicted octanol–water partition coefficient (Wildman–Crippen LogP) is 6.68. The fourth-order valence-electron chi connectivity index (χ4n) is 11.7. The first kappa shape index (κ1) is 39.8. The van der Waals surface area contributed by atoms with Crippen molar-refractivity contribution < 1.29 is 23.1 Å². The fraction of sp³-hybridized carbons (Fsp3) is 0.478. The molecule has 0 radical (unpaired) electrons. The first-order valence-electron chi connectivity index (χ1n) is 22.3. The largest absolute Gasteiger partial charge is 0.453 e. The minimum absolute atomic E-state index is 0.0466. The molecule has 2 unspecified atom stereocenters. The summed E-state index contributed by atoms with van der Waals surface area (Å²) in [5.74, 6) is 0.598. The van der Waals surface area contributed by atoms with Crippen molar-refractivity contribution in [1.29, 1.82) is 5.26 Å². The molecule has 2 spiro atoms. The van der Waals surface area contributed by atoms with Gasteiger partial charge < -0.3 is 19.3 Å². The van der Waals surface area contributed by atoms with Gasteiger partial charge in [-0.25, -0.2) is 22.9 Å². The van der Waals surface area contributed by atoms with Gasteiger partial charge >= 0.3 is 6.03 Å². The Bertz CT molecular complexity index is 2880. The minimum Gasteiger partial charge on any atom is -0.453 e. The number of urea groups is 1. The van der Waals surface area contributed by atoms with Crippen LogP contribution in [0.15, 0.2) is 53.6 Å². The number of ether oxygens (including phenoxy) is 1. The van der Waals surface area contributed by atoms with Crippen LogP contribution in [0.1, 0.15) is 63.0 Å². The summed E-state index contributed by atoms with van der Waals surface area (Å²) >= 11 is 1.43. The van der Waals surface area contributed by atoms with E-state index in [4.69, 9.17) is 4.74 Å². The number of hydrogen-bond acceptors (Lipinski definition) is 12. The number of anilines is 3. The van der Waals surface area contributed by atoms with Crippen LogP contribution >= 0.6 is 12.1 Å². The molecule has 4 saturated heterocycles. The highest BCUT2D eigenvalue weighted by molar-refractivity contribution is 7.98.